The van der Waals surface area contributed by atoms with Crippen LogP contribution >= 0.6 is 35.0 Å². The van der Waals surface area contributed by atoms with Gasteiger partial charge in [-0.15, -0.1) is 10.2 Å². The third kappa shape index (κ3) is 3.41. The quantitative estimate of drug-likeness (QED) is 0.745. The molecule has 2 saturated carbocycles. The number of hydrogen-bond acceptors (Lipinski definition) is 4. The topological polar surface area (TPSA) is 59.8 Å². The van der Waals surface area contributed by atoms with E-state index in [1.165, 1.54) is 37.4 Å². The van der Waals surface area contributed by atoms with Gasteiger partial charge >= 0.3 is 0 Å². The van der Waals surface area contributed by atoms with Crippen molar-refractivity contribution in [3.8, 4) is 0 Å². The number of anilines is 1. The highest BCUT2D eigenvalue weighted by molar-refractivity contribution is 7.99. The van der Waals surface area contributed by atoms with Crippen molar-refractivity contribution in [1.29, 1.82) is 0 Å². The highest BCUT2D eigenvalue weighted by Gasteiger charge is 2.36. The summed E-state index contributed by atoms with van der Waals surface area (Å²) in [6.07, 6.45) is 4.74. The zero-order valence-corrected chi connectivity index (χ0v) is 15.2. The summed E-state index contributed by atoms with van der Waals surface area (Å²) in [5.41, 5.74) is 0.453. The number of rotatable bonds is 6. The number of nitrogens with one attached hydrogen (secondary N) is 1. The molecule has 0 atom stereocenters. The van der Waals surface area contributed by atoms with Crippen molar-refractivity contribution in [1.82, 2.24) is 14.8 Å². The minimum Gasteiger partial charge on any atom is -0.323 e. The number of carbonyl (C=O) groups excluding carboxylic acids is 1. The lowest BCUT2D eigenvalue weighted by molar-refractivity contribution is -0.113. The lowest BCUT2D eigenvalue weighted by atomic mass is 10.3. The maximum Gasteiger partial charge on any atom is 0.234 e. The van der Waals surface area contributed by atoms with Crippen LogP contribution < -0.4 is 5.32 Å². The molecule has 24 heavy (non-hydrogen) atoms. The molecule has 0 spiro atoms. The van der Waals surface area contributed by atoms with Gasteiger partial charge in [-0.25, -0.2) is 0 Å². The standard InChI is InChI=1S/C16H16Cl2N4OS/c17-11-2-1-3-12(18)14(11)19-13(23)8-24-16-21-20-15(9-4-5-9)22(16)10-6-7-10/h1-3,9-10H,4-8H2,(H,19,23). The van der Waals surface area contributed by atoms with Gasteiger partial charge < -0.3 is 9.88 Å². The van der Waals surface area contributed by atoms with E-state index in [1.54, 1.807) is 18.2 Å². The molecule has 0 radical (unpaired) electrons. The molecule has 2 aromatic rings. The Hall–Kier alpha value is -1.24. The fraction of sp³-hybridized carbons (Fsp3) is 0.438. The van der Waals surface area contributed by atoms with Crippen molar-refractivity contribution < 1.29 is 4.79 Å². The predicted molar refractivity (Wildman–Crippen MR) is 96.1 cm³/mol. The molecule has 4 rings (SSSR count). The van der Waals surface area contributed by atoms with Crippen LogP contribution in [0.3, 0.4) is 0 Å². The summed E-state index contributed by atoms with van der Waals surface area (Å²) in [6, 6.07) is 5.65. The van der Waals surface area contributed by atoms with Crippen LogP contribution in [0.5, 0.6) is 0 Å². The van der Waals surface area contributed by atoms with Gasteiger partial charge in [0.1, 0.15) is 5.82 Å². The second-order valence-corrected chi connectivity index (χ2v) is 7.91. The lowest BCUT2D eigenvalue weighted by Crippen LogP contribution is -2.15. The van der Waals surface area contributed by atoms with Gasteiger partial charge in [0, 0.05) is 12.0 Å². The number of para-hydroxylation sites is 1. The maximum absolute atomic E-state index is 12.2. The van der Waals surface area contributed by atoms with E-state index in [9.17, 15) is 4.79 Å². The van der Waals surface area contributed by atoms with E-state index in [4.69, 9.17) is 23.2 Å². The Kier molecular flexibility index (Phi) is 4.45. The van der Waals surface area contributed by atoms with Gasteiger partial charge in [-0.05, 0) is 37.8 Å². The summed E-state index contributed by atoms with van der Waals surface area (Å²) >= 11 is 13.6. The Balaban J connectivity index is 1.43. The van der Waals surface area contributed by atoms with E-state index >= 15 is 0 Å². The minimum atomic E-state index is -0.159. The number of hydrogen-bond donors (Lipinski definition) is 1. The van der Waals surface area contributed by atoms with Crippen LogP contribution in [0.4, 0.5) is 5.69 Å². The van der Waals surface area contributed by atoms with Gasteiger partial charge in [0.05, 0.1) is 21.5 Å². The van der Waals surface area contributed by atoms with Gasteiger partial charge in [-0.2, -0.15) is 0 Å². The maximum atomic E-state index is 12.2. The molecule has 0 saturated heterocycles. The highest BCUT2D eigenvalue weighted by Crippen LogP contribution is 2.46. The Bertz CT molecular complexity index is 766. The molecule has 1 amide bonds. The summed E-state index contributed by atoms with van der Waals surface area (Å²) in [5, 5.41) is 13.1. The highest BCUT2D eigenvalue weighted by atomic mass is 35.5. The number of thioether (sulfide) groups is 1. The predicted octanol–water partition coefficient (Wildman–Crippen LogP) is 4.53. The van der Waals surface area contributed by atoms with E-state index in [0.29, 0.717) is 27.7 Å². The SMILES string of the molecule is O=C(CSc1nnc(C2CC2)n1C1CC1)Nc1c(Cl)cccc1Cl. The number of benzene rings is 1. The van der Waals surface area contributed by atoms with Gasteiger partial charge in [-0.3, -0.25) is 4.79 Å². The van der Waals surface area contributed by atoms with Crippen LogP contribution in [-0.2, 0) is 4.79 Å². The molecule has 1 aromatic heterocycles. The first-order valence-corrected chi connectivity index (χ1v) is 9.69. The molecule has 5 nitrogen and oxygen atoms in total. The summed E-state index contributed by atoms with van der Waals surface area (Å²) in [7, 11) is 0. The smallest absolute Gasteiger partial charge is 0.234 e. The van der Waals surface area contributed by atoms with Crippen molar-refractivity contribution in [2.75, 3.05) is 11.1 Å². The number of amides is 1. The minimum absolute atomic E-state index is 0.159. The van der Waals surface area contributed by atoms with E-state index in [-0.39, 0.29) is 11.7 Å². The van der Waals surface area contributed by atoms with Crippen molar-refractivity contribution in [2.24, 2.45) is 0 Å². The number of carbonyl (C=O) groups is 1. The number of nitrogens with zero attached hydrogens (tertiary/aromatic N) is 3. The van der Waals surface area contributed by atoms with Crippen LogP contribution in [0.1, 0.15) is 43.5 Å². The molecule has 2 aliphatic carbocycles. The molecular weight excluding hydrogens is 367 g/mol. The fourth-order valence-corrected chi connectivity index (χ4v) is 3.91. The van der Waals surface area contributed by atoms with E-state index in [1.807, 2.05) is 0 Å². The third-order valence-electron chi connectivity index (χ3n) is 4.10. The van der Waals surface area contributed by atoms with Crippen molar-refractivity contribution in [2.45, 2.75) is 42.8 Å². The molecule has 0 unspecified atom stereocenters. The molecule has 0 aliphatic heterocycles. The number of halogens is 2. The Morgan fingerprint density at radius 1 is 1.21 bits per heavy atom. The molecule has 126 valence electrons. The Morgan fingerprint density at radius 3 is 2.54 bits per heavy atom. The molecule has 1 N–H and O–H groups in total. The normalized spacial score (nSPS) is 17.1. The van der Waals surface area contributed by atoms with E-state index in [2.05, 4.69) is 20.1 Å². The monoisotopic (exact) mass is 382 g/mol. The van der Waals surface area contributed by atoms with Gasteiger partial charge in [0.2, 0.25) is 5.91 Å². The first kappa shape index (κ1) is 16.2. The first-order valence-electron chi connectivity index (χ1n) is 7.95. The fourth-order valence-electron chi connectivity index (χ4n) is 2.61. The third-order valence-corrected chi connectivity index (χ3v) is 5.68. The van der Waals surface area contributed by atoms with Crippen molar-refractivity contribution in [3.63, 3.8) is 0 Å². The Morgan fingerprint density at radius 2 is 1.92 bits per heavy atom. The average Bonchev–Trinajstić information content (AvgIpc) is 3.48. The summed E-state index contributed by atoms with van der Waals surface area (Å²) in [5.74, 6) is 1.74. The van der Waals surface area contributed by atoms with Crippen LogP contribution in [0, 0.1) is 0 Å². The average molecular weight is 383 g/mol. The van der Waals surface area contributed by atoms with Crippen LogP contribution in [0.2, 0.25) is 10.0 Å². The van der Waals surface area contributed by atoms with Crippen molar-refractivity contribution >= 4 is 46.6 Å². The summed E-state index contributed by atoms with van der Waals surface area (Å²) in [6.45, 7) is 0. The van der Waals surface area contributed by atoms with Gasteiger partial charge in [0.15, 0.2) is 5.16 Å². The van der Waals surface area contributed by atoms with Crippen LogP contribution in [0.15, 0.2) is 23.4 Å². The number of aromatic nitrogens is 3. The zero-order chi connectivity index (χ0) is 16.7. The van der Waals surface area contributed by atoms with Gasteiger partial charge in [-0.1, -0.05) is 41.0 Å². The summed E-state index contributed by atoms with van der Waals surface area (Å²) < 4.78 is 2.23. The Labute approximate surface area is 154 Å². The molecule has 0 bridgehead atoms. The van der Waals surface area contributed by atoms with E-state index < -0.39 is 0 Å². The van der Waals surface area contributed by atoms with E-state index in [0.717, 1.165) is 11.0 Å². The second-order valence-electron chi connectivity index (χ2n) is 6.15. The molecular formula is C16H16Cl2N4OS. The van der Waals surface area contributed by atoms with Gasteiger partial charge in [0.25, 0.3) is 0 Å². The molecule has 2 fully saturated rings. The zero-order valence-electron chi connectivity index (χ0n) is 12.8. The largest absolute Gasteiger partial charge is 0.323 e. The van der Waals surface area contributed by atoms with Crippen LogP contribution in [0.25, 0.3) is 0 Å². The molecule has 8 heteroatoms. The lowest BCUT2D eigenvalue weighted by Gasteiger charge is -2.10. The summed E-state index contributed by atoms with van der Waals surface area (Å²) in [4.78, 5) is 12.2. The molecule has 1 aromatic carbocycles. The second kappa shape index (κ2) is 6.58. The first-order chi connectivity index (χ1) is 11.6. The molecule has 1 heterocycles. The van der Waals surface area contributed by atoms with Crippen LogP contribution in [-0.4, -0.2) is 26.4 Å². The molecule has 2 aliphatic rings. The van der Waals surface area contributed by atoms with Crippen molar-refractivity contribution in [3.05, 3.63) is 34.1 Å².